The number of hydrogen-bond donors (Lipinski definition) is 1. The number of aliphatic imine (C=N–C) groups is 1. The molecule has 0 amide bonds. The fraction of sp³-hybridized carbons (Fsp3) is 0.947. The molecule has 0 spiro atoms. The molecule has 6 nitrogen and oxygen atoms in total. The summed E-state index contributed by atoms with van der Waals surface area (Å²) in [5.74, 6) is 1.67. The quantitative estimate of drug-likeness (QED) is 0.368. The second-order valence-electron chi connectivity index (χ2n) is 7.32. The summed E-state index contributed by atoms with van der Waals surface area (Å²) in [6.07, 6.45) is 6.68. The third kappa shape index (κ3) is 7.12. The molecule has 25 heavy (non-hydrogen) atoms. The summed E-state index contributed by atoms with van der Waals surface area (Å²) in [6.45, 7) is 9.29. The number of likely N-dealkylation sites (N-methyl/N-ethyl adjacent to an activating group) is 1. The highest BCUT2D eigenvalue weighted by Gasteiger charge is 2.25. The molecular weight excluding hydrogens is 316 g/mol. The first-order chi connectivity index (χ1) is 12.2. The number of nitrogens with zero attached hydrogens (tertiary/aromatic N) is 3. The van der Waals surface area contributed by atoms with E-state index < -0.39 is 0 Å². The summed E-state index contributed by atoms with van der Waals surface area (Å²) in [4.78, 5) is 9.77. The molecule has 1 aliphatic heterocycles. The fourth-order valence-electron chi connectivity index (χ4n) is 3.82. The molecule has 146 valence electrons. The molecule has 1 saturated heterocycles. The molecular formula is C19H38N4O2. The Morgan fingerprint density at radius 2 is 2.04 bits per heavy atom. The second-order valence-corrected chi connectivity index (χ2v) is 7.32. The maximum Gasteiger partial charge on any atom is 0.193 e. The third-order valence-corrected chi connectivity index (χ3v) is 5.37. The summed E-state index contributed by atoms with van der Waals surface area (Å²) in [7, 11) is 3.96. The topological polar surface area (TPSA) is 49.3 Å². The van der Waals surface area contributed by atoms with Crippen LogP contribution in [0.4, 0.5) is 0 Å². The van der Waals surface area contributed by atoms with E-state index >= 15 is 0 Å². The largest absolute Gasteiger partial charge is 0.382 e. The Morgan fingerprint density at radius 3 is 2.76 bits per heavy atom. The van der Waals surface area contributed by atoms with E-state index in [2.05, 4.69) is 29.1 Å². The van der Waals surface area contributed by atoms with Crippen molar-refractivity contribution in [3.8, 4) is 0 Å². The zero-order chi connectivity index (χ0) is 17.9. The number of rotatable bonds is 10. The van der Waals surface area contributed by atoms with Crippen molar-refractivity contribution < 1.29 is 9.47 Å². The highest BCUT2D eigenvalue weighted by Crippen LogP contribution is 2.22. The fourth-order valence-corrected chi connectivity index (χ4v) is 3.82. The lowest BCUT2D eigenvalue weighted by Crippen LogP contribution is -2.41. The first kappa shape index (κ1) is 20.5. The number of ether oxygens (including phenoxy) is 2. The minimum atomic E-state index is 0.599. The van der Waals surface area contributed by atoms with E-state index in [0.29, 0.717) is 19.1 Å². The predicted molar refractivity (Wildman–Crippen MR) is 103 cm³/mol. The summed E-state index contributed by atoms with van der Waals surface area (Å²) in [5, 5.41) is 3.46. The Kier molecular flexibility index (Phi) is 9.58. The zero-order valence-corrected chi connectivity index (χ0v) is 16.5. The average Bonchev–Trinajstić information content (AvgIpc) is 3.29. The SMILES string of the molecule is CCNC(=NCCN(C)C1CCCC1)N1CCC(COCCOC)C1. The number of guanidine groups is 1. The lowest BCUT2D eigenvalue weighted by molar-refractivity contribution is 0.0536. The van der Waals surface area contributed by atoms with E-state index in [1.54, 1.807) is 7.11 Å². The van der Waals surface area contributed by atoms with E-state index in [-0.39, 0.29) is 0 Å². The third-order valence-electron chi connectivity index (χ3n) is 5.37. The highest BCUT2D eigenvalue weighted by atomic mass is 16.5. The van der Waals surface area contributed by atoms with Gasteiger partial charge in [0.15, 0.2) is 5.96 Å². The van der Waals surface area contributed by atoms with E-state index in [1.807, 2.05) is 0 Å². The average molecular weight is 355 g/mol. The monoisotopic (exact) mass is 354 g/mol. The van der Waals surface area contributed by atoms with Crippen LogP contribution in [0.5, 0.6) is 0 Å². The van der Waals surface area contributed by atoms with Crippen molar-refractivity contribution in [2.45, 2.75) is 45.1 Å². The molecule has 0 aromatic carbocycles. The van der Waals surface area contributed by atoms with Gasteiger partial charge in [-0.25, -0.2) is 0 Å². The van der Waals surface area contributed by atoms with E-state index in [1.165, 1.54) is 32.1 Å². The summed E-state index contributed by atoms with van der Waals surface area (Å²) in [5.41, 5.74) is 0. The van der Waals surface area contributed by atoms with Crippen molar-refractivity contribution in [1.82, 2.24) is 15.1 Å². The van der Waals surface area contributed by atoms with Crippen molar-refractivity contribution in [1.29, 1.82) is 0 Å². The van der Waals surface area contributed by atoms with Gasteiger partial charge >= 0.3 is 0 Å². The molecule has 0 radical (unpaired) electrons. The minimum Gasteiger partial charge on any atom is -0.382 e. The molecule has 1 N–H and O–H groups in total. The number of hydrogen-bond acceptors (Lipinski definition) is 4. The molecule has 2 rings (SSSR count). The minimum absolute atomic E-state index is 0.599. The molecule has 1 aliphatic carbocycles. The Hall–Kier alpha value is -0.850. The van der Waals surface area contributed by atoms with Crippen LogP contribution in [0.3, 0.4) is 0 Å². The van der Waals surface area contributed by atoms with Crippen LogP contribution in [0.2, 0.25) is 0 Å². The van der Waals surface area contributed by atoms with Crippen LogP contribution in [0, 0.1) is 5.92 Å². The molecule has 1 unspecified atom stereocenters. The lowest BCUT2D eigenvalue weighted by atomic mass is 10.1. The summed E-state index contributed by atoms with van der Waals surface area (Å²) >= 11 is 0. The Balaban J connectivity index is 1.73. The number of nitrogens with one attached hydrogen (secondary N) is 1. The molecule has 1 heterocycles. The first-order valence-corrected chi connectivity index (χ1v) is 10.0. The van der Waals surface area contributed by atoms with Crippen LogP contribution in [0.25, 0.3) is 0 Å². The molecule has 1 saturated carbocycles. The van der Waals surface area contributed by atoms with Gasteiger partial charge in [0.05, 0.1) is 26.4 Å². The van der Waals surface area contributed by atoms with E-state index in [0.717, 1.165) is 51.3 Å². The molecule has 0 aromatic heterocycles. The van der Waals surface area contributed by atoms with Crippen molar-refractivity contribution in [3.63, 3.8) is 0 Å². The molecule has 1 atom stereocenters. The summed E-state index contributed by atoms with van der Waals surface area (Å²) < 4.78 is 10.7. The van der Waals surface area contributed by atoms with Crippen LogP contribution in [0.15, 0.2) is 4.99 Å². The smallest absolute Gasteiger partial charge is 0.193 e. The van der Waals surface area contributed by atoms with Gasteiger partial charge < -0.3 is 24.6 Å². The van der Waals surface area contributed by atoms with Gasteiger partial charge in [-0.3, -0.25) is 4.99 Å². The van der Waals surface area contributed by atoms with Crippen molar-refractivity contribution in [2.75, 3.05) is 66.7 Å². The zero-order valence-electron chi connectivity index (χ0n) is 16.5. The van der Waals surface area contributed by atoms with Gasteiger partial charge in [-0.05, 0) is 33.2 Å². The molecule has 2 aliphatic rings. The first-order valence-electron chi connectivity index (χ1n) is 10.0. The Labute approximate surface area is 153 Å². The van der Waals surface area contributed by atoms with Crippen molar-refractivity contribution >= 4 is 5.96 Å². The molecule has 0 aromatic rings. The van der Waals surface area contributed by atoms with E-state index in [9.17, 15) is 0 Å². The van der Waals surface area contributed by atoms with Gasteiger partial charge in [0.2, 0.25) is 0 Å². The van der Waals surface area contributed by atoms with Gasteiger partial charge in [0.25, 0.3) is 0 Å². The Morgan fingerprint density at radius 1 is 1.24 bits per heavy atom. The van der Waals surface area contributed by atoms with Crippen LogP contribution >= 0.6 is 0 Å². The lowest BCUT2D eigenvalue weighted by Gasteiger charge is -2.24. The second kappa shape index (κ2) is 11.7. The van der Waals surface area contributed by atoms with Gasteiger partial charge in [-0.15, -0.1) is 0 Å². The van der Waals surface area contributed by atoms with Crippen LogP contribution in [-0.2, 0) is 9.47 Å². The highest BCUT2D eigenvalue weighted by molar-refractivity contribution is 5.80. The molecule has 0 bridgehead atoms. The maximum absolute atomic E-state index is 5.70. The normalized spacial score (nSPS) is 22.3. The van der Waals surface area contributed by atoms with Crippen molar-refractivity contribution in [2.24, 2.45) is 10.9 Å². The van der Waals surface area contributed by atoms with Crippen molar-refractivity contribution in [3.05, 3.63) is 0 Å². The molecule has 2 fully saturated rings. The summed E-state index contributed by atoms with van der Waals surface area (Å²) in [6, 6.07) is 0.776. The van der Waals surface area contributed by atoms with E-state index in [4.69, 9.17) is 14.5 Å². The van der Waals surface area contributed by atoms with Gasteiger partial charge in [0, 0.05) is 45.2 Å². The number of likely N-dealkylation sites (tertiary alicyclic amines) is 1. The molecule has 6 heteroatoms. The van der Waals surface area contributed by atoms with Gasteiger partial charge in [-0.1, -0.05) is 12.8 Å². The van der Waals surface area contributed by atoms with Crippen LogP contribution in [0.1, 0.15) is 39.0 Å². The van der Waals surface area contributed by atoms with Gasteiger partial charge in [-0.2, -0.15) is 0 Å². The predicted octanol–water partition coefficient (Wildman–Crippen LogP) is 1.81. The van der Waals surface area contributed by atoms with Crippen LogP contribution in [-0.4, -0.2) is 88.5 Å². The standard InChI is InChI=1S/C19H38N4O2/c1-4-20-19(21-10-12-22(2)18-7-5-6-8-18)23-11-9-17(15-23)16-25-14-13-24-3/h17-18H,4-16H2,1-3H3,(H,20,21). The van der Waals surface area contributed by atoms with Crippen LogP contribution < -0.4 is 5.32 Å². The maximum atomic E-state index is 5.70. The van der Waals surface area contributed by atoms with Gasteiger partial charge in [0.1, 0.15) is 0 Å². The number of methoxy groups -OCH3 is 1. The Bertz CT molecular complexity index is 386.